The maximum absolute atomic E-state index is 12.9. The molecule has 5 heteroatoms. The predicted octanol–water partition coefficient (Wildman–Crippen LogP) is 2.75. The van der Waals surface area contributed by atoms with Crippen LogP contribution in [0.2, 0.25) is 0 Å². The van der Waals surface area contributed by atoms with Crippen LogP contribution >= 0.6 is 11.6 Å². The van der Waals surface area contributed by atoms with Gasteiger partial charge in [0.2, 0.25) is 0 Å². The van der Waals surface area contributed by atoms with Crippen LogP contribution in [0.3, 0.4) is 0 Å². The Bertz CT molecular complexity index is 400. The van der Waals surface area contributed by atoms with Crippen LogP contribution in [0.5, 0.6) is 0 Å². The lowest BCUT2D eigenvalue weighted by molar-refractivity contribution is 0.0900. The number of aromatic nitrogens is 1. The molecular weight excluding hydrogens is 243 g/mol. The Hall–Kier alpha value is -1.16. The van der Waals surface area contributed by atoms with E-state index in [2.05, 4.69) is 10.3 Å². The smallest absolute Gasteiger partial charge is 0.253 e. The minimum absolute atomic E-state index is 0.222. The third-order valence-corrected chi connectivity index (χ3v) is 3.00. The number of carbonyl (C=O) groups excluding carboxylic acids is 1. The molecule has 17 heavy (non-hydrogen) atoms. The summed E-state index contributed by atoms with van der Waals surface area (Å²) in [5.41, 5.74) is -0.148. The van der Waals surface area contributed by atoms with Crippen LogP contribution in [0.15, 0.2) is 18.5 Å². The van der Waals surface area contributed by atoms with Gasteiger partial charge in [0.25, 0.3) is 5.91 Å². The van der Waals surface area contributed by atoms with Crippen molar-refractivity contribution in [2.75, 3.05) is 5.88 Å². The van der Waals surface area contributed by atoms with Crippen LogP contribution in [-0.2, 0) is 0 Å². The number of pyridine rings is 1. The minimum atomic E-state index is -0.520. The first-order chi connectivity index (χ1) is 8.00. The molecule has 1 atom stereocenters. The minimum Gasteiger partial charge on any atom is -0.347 e. The van der Waals surface area contributed by atoms with Crippen molar-refractivity contribution in [2.45, 2.75) is 32.2 Å². The number of nitrogens with zero attached hydrogens (tertiary/aromatic N) is 1. The molecule has 0 bridgehead atoms. The molecular formula is C12H16ClFN2O. The monoisotopic (exact) mass is 258 g/mol. The van der Waals surface area contributed by atoms with Crippen molar-refractivity contribution in [2.24, 2.45) is 0 Å². The van der Waals surface area contributed by atoms with Crippen LogP contribution in [0, 0.1) is 5.82 Å². The molecule has 0 aliphatic rings. The van der Waals surface area contributed by atoms with Gasteiger partial charge >= 0.3 is 0 Å². The molecule has 0 radical (unpaired) electrons. The van der Waals surface area contributed by atoms with E-state index in [4.69, 9.17) is 11.6 Å². The van der Waals surface area contributed by atoms with E-state index in [-0.39, 0.29) is 17.0 Å². The van der Waals surface area contributed by atoms with E-state index in [1.165, 1.54) is 12.3 Å². The normalized spacial score (nSPS) is 14.1. The van der Waals surface area contributed by atoms with Gasteiger partial charge in [0.1, 0.15) is 5.82 Å². The summed E-state index contributed by atoms with van der Waals surface area (Å²) in [5, 5.41) is 2.86. The first-order valence-electron chi connectivity index (χ1n) is 5.50. The van der Waals surface area contributed by atoms with Crippen molar-refractivity contribution in [1.29, 1.82) is 0 Å². The third kappa shape index (κ3) is 3.97. The number of alkyl halides is 1. The van der Waals surface area contributed by atoms with Gasteiger partial charge in [-0.1, -0.05) is 6.92 Å². The Kier molecular flexibility index (Phi) is 4.87. The molecule has 0 aliphatic heterocycles. The molecule has 0 spiro atoms. The zero-order chi connectivity index (χ0) is 12.9. The summed E-state index contributed by atoms with van der Waals surface area (Å²) in [4.78, 5) is 15.5. The van der Waals surface area contributed by atoms with Gasteiger partial charge in [-0.3, -0.25) is 9.78 Å². The molecule has 1 aromatic heterocycles. The fourth-order valence-corrected chi connectivity index (χ4v) is 1.84. The van der Waals surface area contributed by atoms with E-state index in [1.807, 2.05) is 13.8 Å². The largest absolute Gasteiger partial charge is 0.347 e. The van der Waals surface area contributed by atoms with Gasteiger partial charge < -0.3 is 5.32 Å². The molecule has 0 aromatic carbocycles. The van der Waals surface area contributed by atoms with Crippen molar-refractivity contribution in [3.05, 3.63) is 29.8 Å². The predicted molar refractivity (Wildman–Crippen MR) is 65.7 cm³/mol. The molecule has 1 aromatic rings. The fourth-order valence-electron chi connectivity index (χ4n) is 1.42. The molecule has 0 saturated heterocycles. The van der Waals surface area contributed by atoms with Crippen LogP contribution < -0.4 is 5.32 Å². The van der Waals surface area contributed by atoms with Gasteiger partial charge in [-0.2, -0.15) is 0 Å². The summed E-state index contributed by atoms with van der Waals surface area (Å²) in [6, 6.07) is 1.17. The number of carbonyl (C=O) groups is 1. The highest BCUT2D eigenvalue weighted by Crippen LogP contribution is 2.16. The molecule has 1 N–H and O–H groups in total. The molecule has 1 unspecified atom stereocenters. The molecule has 3 nitrogen and oxygen atoms in total. The van der Waals surface area contributed by atoms with Crippen LogP contribution in [0.1, 0.15) is 37.0 Å². The lowest BCUT2D eigenvalue weighted by atomic mass is 9.95. The lowest BCUT2D eigenvalue weighted by Gasteiger charge is -2.28. The Balaban J connectivity index is 2.77. The summed E-state index contributed by atoms with van der Waals surface area (Å²) in [6.45, 7) is 3.89. The zero-order valence-corrected chi connectivity index (χ0v) is 10.7. The molecule has 0 fully saturated rings. The number of halogens is 2. The molecule has 1 amide bonds. The second-order valence-electron chi connectivity index (χ2n) is 4.20. The summed E-state index contributed by atoms with van der Waals surface area (Å²) >= 11 is 5.70. The standard InChI is InChI=1S/C12H16ClFN2O/c1-3-12(2,4-5-13)16-11(17)9-6-10(14)8-15-7-9/h6-8H,3-5H2,1-2H3,(H,16,17). The molecule has 0 saturated carbocycles. The van der Waals surface area contributed by atoms with E-state index in [0.717, 1.165) is 12.6 Å². The van der Waals surface area contributed by atoms with Gasteiger partial charge in [0, 0.05) is 17.6 Å². The molecule has 1 rings (SSSR count). The number of rotatable bonds is 5. The van der Waals surface area contributed by atoms with E-state index in [1.54, 1.807) is 0 Å². The summed E-state index contributed by atoms with van der Waals surface area (Å²) in [5.74, 6) is -0.383. The Morgan fingerprint density at radius 1 is 1.59 bits per heavy atom. The maximum atomic E-state index is 12.9. The Morgan fingerprint density at radius 2 is 2.29 bits per heavy atom. The number of hydrogen-bond acceptors (Lipinski definition) is 2. The van der Waals surface area contributed by atoms with Gasteiger partial charge in [-0.15, -0.1) is 11.6 Å². The van der Waals surface area contributed by atoms with E-state index >= 15 is 0 Å². The van der Waals surface area contributed by atoms with Gasteiger partial charge in [-0.25, -0.2) is 4.39 Å². The van der Waals surface area contributed by atoms with Crippen molar-refractivity contribution in [1.82, 2.24) is 10.3 Å². The number of hydrogen-bond donors (Lipinski definition) is 1. The second kappa shape index (κ2) is 5.96. The zero-order valence-electron chi connectivity index (χ0n) is 9.96. The summed E-state index contributed by atoms with van der Waals surface area (Å²) < 4.78 is 12.9. The maximum Gasteiger partial charge on any atom is 0.253 e. The van der Waals surface area contributed by atoms with Gasteiger partial charge in [-0.05, 0) is 25.8 Å². The number of nitrogens with one attached hydrogen (secondary N) is 1. The van der Waals surface area contributed by atoms with Crippen LogP contribution in [-0.4, -0.2) is 22.3 Å². The average Bonchev–Trinajstić information content (AvgIpc) is 2.29. The molecule has 0 aliphatic carbocycles. The quantitative estimate of drug-likeness (QED) is 0.825. The SMILES string of the molecule is CCC(C)(CCCl)NC(=O)c1cncc(F)c1. The highest BCUT2D eigenvalue weighted by atomic mass is 35.5. The second-order valence-corrected chi connectivity index (χ2v) is 4.58. The molecule has 1 heterocycles. The van der Waals surface area contributed by atoms with E-state index < -0.39 is 5.82 Å². The van der Waals surface area contributed by atoms with Crippen LogP contribution in [0.25, 0.3) is 0 Å². The van der Waals surface area contributed by atoms with Crippen molar-refractivity contribution in [3.63, 3.8) is 0 Å². The van der Waals surface area contributed by atoms with E-state index in [0.29, 0.717) is 12.3 Å². The van der Waals surface area contributed by atoms with Crippen molar-refractivity contribution >= 4 is 17.5 Å². The van der Waals surface area contributed by atoms with Crippen molar-refractivity contribution in [3.8, 4) is 0 Å². The van der Waals surface area contributed by atoms with Crippen LogP contribution in [0.4, 0.5) is 4.39 Å². The first kappa shape index (κ1) is 13.9. The Labute approximate surface area is 105 Å². The summed E-state index contributed by atoms with van der Waals surface area (Å²) in [7, 11) is 0. The highest BCUT2D eigenvalue weighted by Gasteiger charge is 2.24. The first-order valence-corrected chi connectivity index (χ1v) is 6.03. The highest BCUT2D eigenvalue weighted by molar-refractivity contribution is 6.17. The average molecular weight is 259 g/mol. The molecule has 94 valence electrons. The Morgan fingerprint density at radius 3 is 2.82 bits per heavy atom. The topological polar surface area (TPSA) is 42.0 Å². The van der Waals surface area contributed by atoms with Gasteiger partial charge in [0.05, 0.1) is 11.8 Å². The summed E-state index contributed by atoms with van der Waals surface area (Å²) in [6.07, 6.45) is 3.83. The lowest BCUT2D eigenvalue weighted by Crippen LogP contribution is -2.45. The fraction of sp³-hybridized carbons (Fsp3) is 0.500. The van der Waals surface area contributed by atoms with Crippen molar-refractivity contribution < 1.29 is 9.18 Å². The van der Waals surface area contributed by atoms with Gasteiger partial charge in [0.15, 0.2) is 0 Å². The number of amides is 1. The van der Waals surface area contributed by atoms with E-state index in [9.17, 15) is 9.18 Å². The third-order valence-electron chi connectivity index (χ3n) is 2.81.